The van der Waals surface area contributed by atoms with E-state index in [9.17, 15) is 8.42 Å². The zero-order valence-electron chi connectivity index (χ0n) is 11.6. The van der Waals surface area contributed by atoms with E-state index in [0.29, 0.717) is 0 Å². The highest BCUT2D eigenvalue weighted by Gasteiger charge is 2.38. The molecule has 0 saturated carbocycles. The highest BCUT2D eigenvalue weighted by atomic mass is 32.2. The number of hydrogen-bond acceptors (Lipinski definition) is 3. The summed E-state index contributed by atoms with van der Waals surface area (Å²) in [6.45, 7) is 8.28. The summed E-state index contributed by atoms with van der Waals surface area (Å²) >= 11 is 0. The Morgan fingerprint density at radius 2 is 1.94 bits per heavy atom. The maximum absolute atomic E-state index is 11.8. The zero-order chi connectivity index (χ0) is 13.5. The summed E-state index contributed by atoms with van der Waals surface area (Å²) < 4.78 is 22.9. The lowest BCUT2D eigenvalue weighted by Crippen LogP contribution is -2.51. The first-order valence-electron chi connectivity index (χ1n) is 6.10. The first kappa shape index (κ1) is 16.5. The summed E-state index contributed by atoms with van der Waals surface area (Å²) in [4.78, 5) is 0. The van der Waals surface area contributed by atoms with E-state index in [1.54, 1.807) is 20.8 Å². The standard InChI is InChI=1S/C13H25NO2S/c1-6-8-9-10-12(14-11-7-2)13(3,4)17(5,15)16/h12,14H,7,9-11H2,1-5H3. The van der Waals surface area contributed by atoms with Gasteiger partial charge in [-0.1, -0.05) is 6.92 Å². The molecule has 0 rings (SSSR count). The Balaban J connectivity index is 4.81. The van der Waals surface area contributed by atoms with E-state index >= 15 is 0 Å². The van der Waals surface area contributed by atoms with Crippen molar-refractivity contribution in [2.24, 2.45) is 0 Å². The van der Waals surface area contributed by atoms with Crippen LogP contribution in [0.3, 0.4) is 0 Å². The molecule has 1 unspecified atom stereocenters. The van der Waals surface area contributed by atoms with Gasteiger partial charge in [0.2, 0.25) is 0 Å². The molecule has 1 N–H and O–H groups in total. The third-order valence-electron chi connectivity index (χ3n) is 3.17. The second-order valence-electron chi connectivity index (χ2n) is 4.85. The minimum atomic E-state index is -3.08. The van der Waals surface area contributed by atoms with Gasteiger partial charge in [-0.15, -0.1) is 11.8 Å². The second kappa shape index (κ2) is 7.03. The molecule has 0 aliphatic carbocycles. The Bertz CT molecular complexity index is 374. The van der Waals surface area contributed by atoms with Crippen LogP contribution in [0.1, 0.15) is 47.0 Å². The van der Waals surface area contributed by atoms with Gasteiger partial charge < -0.3 is 5.32 Å². The van der Waals surface area contributed by atoms with Crippen LogP contribution in [0.5, 0.6) is 0 Å². The molecule has 4 heteroatoms. The van der Waals surface area contributed by atoms with Gasteiger partial charge >= 0.3 is 0 Å². The van der Waals surface area contributed by atoms with Crippen LogP contribution in [0.15, 0.2) is 0 Å². The van der Waals surface area contributed by atoms with E-state index in [0.717, 1.165) is 25.8 Å². The minimum Gasteiger partial charge on any atom is -0.312 e. The molecule has 0 bridgehead atoms. The molecule has 0 aromatic carbocycles. The number of sulfone groups is 1. The van der Waals surface area contributed by atoms with Gasteiger partial charge in [-0.3, -0.25) is 0 Å². The average molecular weight is 259 g/mol. The fraction of sp³-hybridized carbons (Fsp3) is 0.846. The molecular weight excluding hydrogens is 234 g/mol. The topological polar surface area (TPSA) is 46.2 Å². The third kappa shape index (κ3) is 5.10. The molecule has 0 saturated heterocycles. The zero-order valence-corrected chi connectivity index (χ0v) is 12.4. The number of hydrogen-bond donors (Lipinski definition) is 1. The van der Waals surface area contributed by atoms with Gasteiger partial charge in [-0.2, -0.15) is 0 Å². The summed E-state index contributed by atoms with van der Waals surface area (Å²) in [5.41, 5.74) is 0. The quantitative estimate of drug-likeness (QED) is 0.711. The lowest BCUT2D eigenvalue weighted by atomic mass is 9.98. The van der Waals surface area contributed by atoms with Crippen LogP contribution < -0.4 is 5.32 Å². The predicted octanol–water partition coefficient (Wildman–Crippen LogP) is 1.98. The van der Waals surface area contributed by atoms with Crippen LogP contribution in [0.4, 0.5) is 0 Å². The van der Waals surface area contributed by atoms with E-state index in [-0.39, 0.29) is 6.04 Å². The summed E-state index contributed by atoms with van der Waals surface area (Å²) in [7, 11) is -3.08. The second-order valence-corrected chi connectivity index (χ2v) is 7.44. The van der Waals surface area contributed by atoms with Crippen molar-refractivity contribution in [3.8, 4) is 11.8 Å². The van der Waals surface area contributed by atoms with E-state index in [1.807, 2.05) is 0 Å². The number of nitrogens with one attached hydrogen (secondary N) is 1. The molecule has 0 spiro atoms. The van der Waals surface area contributed by atoms with Crippen molar-refractivity contribution in [2.45, 2.75) is 57.7 Å². The highest BCUT2D eigenvalue weighted by molar-refractivity contribution is 7.92. The van der Waals surface area contributed by atoms with Gasteiger partial charge in [0.05, 0.1) is 4.75 Å². The van der Waals surface area contributed by atoms with Gasteiger partial charge in [-0.25, -0.2) is 8.42 Å². The van der Waals surface area contributed by atoms with Crippen LogP contribution in [0, 0.1) is 11.8 Å². The Morgan fingerprint density at radius 1 is 1.35 bits per heavy atom. The highest BCUT2D eigenvalue weighted by Crippen LogP contribution is 2.23. The summed E-state index contributed by atoms with van der Waals surface area (Å²) in [6.07, 6.45) is 3.80. The smallest absolute Gasteiger partial charge is 0.154 e. The fourth-order valence-corrected chi connectivity index (χ4v) is 2.33. The molecule has 0 aromatic heterocycles. The fourth-order valence-electron chi connectivity index (χ4n) is 1.61. The Morgan fingerprint density at radius 3 is 2.35 bits per heavy atom. The summed E-state index contributed by atoms with van der Waals surface area (Å²) in [5.74, 6) is 5.84. The lowest BCUT2D eigenvalue weighted by Gasteiger charge is -2.33. The third-order valence-corrected chi connectivity index (χ3v) is 5.37. The van der Waals surface area contributed by atoms with Crippen LogP contribution in [0.2, 0.25) is 0 Å². The first-order valence-corrected chi connectivity index (χ1v) is 7.99. The van der Waals surface area contributed by atoms with Crippen LogP contribution in [-0.2, 0) is 9.84 Å². The van der Waals surface area contributed by atoms with Gasteiger partial charge in [0.1, 0.15) is 0 Å². The van der Waals surface area contributed by atoms with Crippen molar-refractivity contribution in [1.82, 2.24) is 5.32 Å². The first-order chi connectivity index (χ1) is 7.77. The molecule has 0 aliphatic rings. The van der Waals surface area contributed by atoms with Crippen molar-refractivity contribution >= 4 is 9.84 Å². The number of rotatable bonds is 7. The Kier molecular flexibility index (Phi) is 6.81. The van der Waals surface area contributed by atoms with Crippen LogP contribution >= 0.6 is 0 Å². The SMILES string of the molecule is CC#CCCC(NCCC)C(C)(C)S(C)(=O)=O. The van der Waals surface area contributed by atoms with Crippen molar-refractivity contribution in [1.29, 1.82) is 0 Å². The van der Waals surface area contributed by atoms with E-state index in [4.69, 9.17) is 0 Å². The molecule has 0 amide bonds. The van der Waals surface area contributed by atoms with Crippen molar-refractivity contribution in [3.63, 3.8) is 0 Å². The van der Waals surface area contributed by atoms with E-state index in [1.165, 1.54) is 6.26 Å². The molecule has 3 nitrogen and oxygen atoms in total. The molecule has 0 aromatic rings. The Hall–Kier alpha value is -0.530. The van der Waals surface area contributed by atoms with Crippen LogP contribution in [-0.4, -0.2) is 32.0 Å². The molecule has 0 heterocycles. The lowest BCUT2D eigenvalue weighted by molar-refractivity contribution is 0.392. The maximum Gasteiger partial charge on any atom is 0.154 e. The molecule has 17 heavy (non-hydrogen) atoms. The molecular formula is C13H25NO2S. The molecule has 0 radical (unpaired) electrons. The molecule has 0 aliphatic heterocycles. The van der Waals surface area contributed by atoms with E-state index in [2.05, 4.69) is 24.1 Å². The summed E-state index contributed by atoms with van der Waals surface area (Å²) in [5, 5.41) is 3.33. The van der Waals surface area contributed by atoms with Crippen LogP contribution in [0.25, 0.3) is 0 Å². The average Bonchev–Trinajstić information content (AvgIpc) is 2.21. The van der Waals surface area contributed by atoms with Crippen molar-refractivity contribution in [2.75, 3.05) is 12.8 Å². The minimum absolute atomic E-state index is 0.0432. The normalized spacial score (nSPS) is 13.9. The maximum atomic E-state index is 11.8. The molecule has 100 valence electrons. The van der Waals surface area contributed by atoms with Gasteiger partial charge in [0.15, 0.2) is 9.84 Å². The van der Waals surface area contributed by atoms with Crippen molar-refractivity contribution in [3.05, 3.63) is 0 Å². The van der Waals surface area contributed by atoms with Gasteiger partial charge in [-0.05, 0) is 40.2 Å². The predicted molar refractivity (Wildman–Crippen MR) is 73.7 cm³/mol. The summed E-state index contributed by atoms with van der Waals surface area (Å²) in [6, 6.07) is -0.0432. The Labute approximate surface area is 106 Å². The largest absolute Gasteiger partial charge is 0.312 e. The monoisotopic (exact) mass is 259 g/mol. The van der Waals surface area contributed by atoms with Gasteiger partial charge in [0, 0.05) is 18.7 Å². The van der Waals surface area contributed by atoms with Gasteiger partial charge in [0.25, 0.3) is 0 Å². The van der Waals surface area contributed by atoms with E-state index < -0.39 is 14.6 Å². The molecule has 1 atom stereocenters. The molecule has 0 fully saturated rings. The van der Waals surface area contributed by atoms with Crippen molar-refractivity contribution < 1.29 is 8.42 Å².